The Labute approximate surface area is 119 Å². The minimum atomic E-state index is -0.426. The summed E-state index contributed by atoms with van der Waals surface area (Å²) < 4.78 is 27.5. The van der Waals surface area contributed by atoms with Crippen molar-refractivity contribution in [2.45, 2.75) is 50.7 Å². The van der Waals surface area contributed by atoms with Gasteiger partial charge < -0.3 is 5.32 Å². The second-order valence-electron chi connectivity index (χ2n) is 6.00. The van der Waals surface area contributed by atoms with Crippen LogP contribution in [0.15, 0.2) is 18.2 Å². The summed E-state index contributed by atoms with van der Waals surface area (Å²) in [6.07, 6.45) is 6.00. The maximum absolute atomic E-state index is 13.8. The molecule has 3 rings (SSSR count). The van der Waals surface area contributed by atoms with Crippen LogP contribution in [0.4, 0.5) is 8.78 Å². The van der Waals surface area contributed by atoms with Gasteiger partial charge in [0.1, 0.15) is 11.6 Å². The highest BCUT2D eigenvalue weighted by Crippen LogP contribution is 2.24. The van der Waals surface area contributed by atoms with E-state index >= 15 is 0 Å². The molecule has 1 N–H and O–H groups in total. The highest BCUT2D eigenvalue weighted by atomic mass is 19.1. The molecule has 1 aromatic carbocycles. The van der Waals surface area contributed by atoms with Crippen LogP contribution >= 0.6 is 0 Å². The Morgan fingerprint density at radius 2 is 1.85 bits per heavy atom. The molecule has 1 unspecified atom stereocenters. The summed E-state index contributed by atoms with van der Waals surface area (Å²) >= 11 is 0. The fraction of sp³-hybridized carbons (Fsp3) is 0.625. The summed E-state index contributed by atoms with van der Waals surface area (Å²) in [6.45, 7) is 2.26. The van der Waals surface area contributed by atoms with Gasteiger partial charge in [0.15, 0.2) is 0 Å². The highest BCUT2D eigenvalue weighted by molar-refractivity contribution is 5.19. The van der Waals surface area contributed by atoms with E-state index in [4.69, 9.17) is 0 Å². The molecule has 1 aliphatic carbocycles. The van der Waals surface area contributed by atoms with E-state index in [0.717, 1.165) is 25.9 Å². The molecule has 0 radical (unpaired) electrons. The number of nitrogens with zero attached hydrogens (tertiary/aromatic N) is 1. The molecule has 20 heavy (non-hydrogen) atoms. The Morgan fingerprint density at radius 3 is 2.55 bits per heavy atom. The SMILES string of the molecule is Fc1cccc(F)c1CN1CCCCC1CNC1CC1. The summed E-state index contributed by atoms with van der Waals surface area (Å²) in [7, 11) is 0. The van der Waals surface area contributed by atoms with Crippen LogP contribution in [0.25, 0.3) is 0 Å². The number of hydrogen-bond acceptors (Lipinski definition) is 2. The zero-order valence-electron chi connectivity index (χ0n) is 11.7. The average molecular weight is 280 g/mol. The first-order chi connectivity index (χ1) is 9.74. The largest absolute Gasteiger partial charge is 0.312 e. The number of rotatable bonds is 5. The van der Waals surface area contributed by atoms with Gasteiger partial charge in [-0.2, -0.15) is 0 Å². The van der Waals surface area contributed by atoms with Crippen LogP contribution < -0.4 is 5.32 Å². The fourth-order valence-corrected chi connectivity index (χ4v) is 2.98. The van der Waals surface area contributed by atoms with Crippen LogP contribution in [-0.2, 0) is 6.54 Å². The topological polar surface area (TPSA) is 15.3 Å². The number of piperidine rings is 1. The molecular formula is C16H22F2N2. The van der Waals surface area contributed by atoms with Crippen LogP contribution in [-0.4, -0.2) is 30.1 Å². The standard InChI is InChI=1S/C16H22F2N2/c17-15-5-3-6-16(18)14(15)11-20-9-2-1-4-13(20)10-19-12-7-8-12/h3,5-6,12-13,19H,1-2,4,7-11H2. The maximum atomic E-state index is 13.8. The van der Waals surface area contributed by atoms with E-state index in [-0.39, 0.29) is 5.56 Å². The lowest BCUT2D eigenvalue weighted by Crippen LogP contribution is -2.45. The summed E-state index contributed by atoms with van der Waals surface area (Å²) in [6, 6.07) is 5.21. The molecule has 4 heteroatoms. The van der Waals surface area contributed by atoms with Crippen molar-refractivity contribution in [3.8, 4) is 0 Å². The number of halogens is 2. The van der Waals surface area contributed by atoms with E-state index in [1.54, 1.807) is 0 Å². The molecule has 1 aliphatic heterocycles. The van der Waals surface area contributed by atoms with Gasteiger partial charge >= 0.3 is 0 Å². The van der Waals surface area contributed by atoms with E-state index in [0.29, 0.717) is 18.6 Å². The summed E-state index contributed by atoms with van der Waals surface area (Å²) in [5.74, 6) is -0.853. The second-order valence-corrected chi connectivity index (χ2v) is 6.00. The van der Waals surface area contributed by atoms with Gasteiger partial charge in [-0.05, 0) is 44.4 Å². The third-order valence-corrected chi connectivity index (χ3v) is 4.39. The van der Waals surface area contributed by atoms with Crippen LogP contribution in [0, 0.1) is 11.6 Å². The van der Waals surface area contributed by atoms with Crippen molar-refractivity contribution in [2.75, 3.05) is 13.1 Å². The molecule has 110 valence electrons. The van der Waals surface area contributed by atoms with Gasteiger partial charge in [0, 0.05) is 30.7 Å². The first-order valence-corrected chi connectivity index (χ1v) is 7.64. The van der Waals surface area contributed by atoms with Crippen LogP contribution in [0.1, 0.15) is 37.7 Å². The van der Waals surface area contributed by atoms with Crippen molar-refractivity contribution >= 4 is 0 Å². The molecule has 0 amide bonds. The Bertz CT molecular complexity index is 440. The Kier molecular flexibility index (Phi) is 4.32. The smallest absolute Gasteiger partial charge is 0.130 e. The van der Waals surface area contributed by atoms with Gasteiger partial charge in [0.2, 0.25) is 0 Å². The number of hydrogen-bond donors (Lipinski definition) is 1. The first kappa shape index (κ1) is 14.0. The predicted molar refractivity (Wildman–Crippen MR) is 75.4 cm³/mol. The molecule has 2 fully saturated rings. The number of nitrogens with one attached hydrogen (secondary N) is 1. The van der Waals surface area contributed by atoms with Crippen molar-refractivity contribution in [2.24, 2.45) is 0 Å². The minimum absolute atomic E-state index is 0.214. The molecule has 0 aromatic heterocycles. The highest BCUT2D eigenvalue weighted by Gasteiger charge is 2.27. The maximum Gasteiger partial charge on any atom is 0.130 e. The third kappa shape index (κ3) is 3.36. The quantitative estimate of drug-likeness (QED) is 0.891. The van der Waals surface area contributed by atoms with Gasteiger partial charge in [0.05, 0.1) is 0 Å². The van der Waals surface area contributed by atoms with E-state index in [1.165, 1.54) is 37.5 Å². The van der Waals surface area contributed by atoms with Crippen LogP contribution in [0.5, 0.6) is 0 Å². The molecular weight excluding hydrogens is 258 g/mol. The van der Waals surface area contributed by atoms with Gasteiger partial charge in [-0.3, -0.25) is 4.90 Å². The van der Waals surface area contributed by atoms with Crippen molar-refractivity contribution in [3.05, 3.63) is 35.4 Å². The van der Waals surface area contributed by atoms with Crippen molar-refractivity contribution in [3.63, 3.8) is 0 Å². The Balaban J connectivity index is 1.66. The van der Waals surface area contributed by atoms with Crippen molar-refractivity contribution in [1.82, 2.24) is 10.2 Å². The van der Waals surface area contributed by atoms with Gasteiger partial charge in [-0.1, -0.05) is 12.5 Å². The van der Waals surface area contributed by atoms with E-state index in [1.807, 2.05) is 0 Å². The zero-order chi connectivity index (χ0) is 13.9. The molecule has 1 saturated heterocycles. The van der Waals surface area contributed by atoms with Gasteiger partial charge in [0.25, 0.3) is 0 Å². The summed E-state index contributed by atoms with van der Waals surface area (Å²) in [5, 5.41) is 3.54. The minimum Gasteiger partial charge on any atom is -0.312 e. The summed E-state index contributed by atoms with van der Waals surface area (Å²) in [5.41, 5.74) is 0.214. The molecule has 1 atom stereocenters. The van der Waals surface area contributed by atoms with Gasteiger partial charge in [-0.25, -0.2) is 8.78 Å². The average Bonchev–Trinajstić information content (AvgIpc) is 3.26. The lowest BCUT2D eigenvalue weighted by atomic mass is 10.0. The number of likely N-dealkylation sites (tertiary alicyclic amines) is 1. The molecule has 1 saturated carbocycles. The monoisotopic (exact) mass is 280 g/mol. The molecule has 2 aliphatic rings. The van der Waals surface area contributed by atoms with E-state index in [9.17, 15) is 8.78 Å². The molecule has 1 heterocycles. The van der Waals surface area contributed by atoms with Crippen molar-refractivity contribution in [1.29, 1.82) is 0 Å². The fourth-order valence-electron chi connectivity index (χ4n) is 2.98. The van der Waals surface area contributed by atoms with E-state index < -0.39 is 11.6 Å². The van der Waals surface area contributed by atoms with Gasteiger partial charge in [-0.15, -0.1) is 0 Å². The molecule has 2 nitrogen and oxygen atoms in total. The second kappa shape index (κ2) is 6.19. The van der Waals surface area contributed by atoms with Crippen LogP contribution in [0.3, 0.4) is 0 Å². The summed E-state index contributed by atoms with van der Waals surface area (Å²) in [4.78, 5) is 2.24. The normalized spacial score (nSPS) is 24.0. The molecule has 1 aromatic rings. The Hall–Kier alpha value is -1.00. The predicted octanol–water partition coefficient (Wildman–Crippen LogP) is 3.07. The zero-order valence-corrected chi connectivity index (χ0v) is 11.7. The van der Waals surface area contributed by atoms with E-state index in [2.05, 4.69) is 10.2 Å². The lowest BCUT2D eigenvalue weighted by Gasteiger charge is -2.36. The molecule has 0 bridgehead atoms. The van der Waals surface area contributed by atoms with Crippen molar-refractivity contribution < 1.29 is 8.78 Å². The first-order valence-electron chi connectivity index (χ1n) is 7.64. The third-order valence-electron chi connectivity index (χ3n) is 4.39. The Morgan fingerprint density at radius 1 is 1.10 bits per heavy atom. The lowest BCUT2D eigenvalue weighted by molar-refractivity contribution is 0.134. The molecule has 0 spiro atoms. The van der Waals surface area contributed by atoms with Crippen LogP contribution in [0.2, 0.25) is 0 Å². The number of benzene rings is 1.